The number of nitrogens with one attached hydrogen (secondary N) is 1. The van der Waals surface area contributed by atoms with E-state index in [1.54, 1.807) is 0 Å². The molecule has 3 aliphatic rings. The van der Waals surface area contributed by atoms with Gasteiger partial charge >= 0.3 is 0 Å². The molecule has 0 bridgehead atoms. The number of hydrogen-bond donors (Lipinski definition) is 1. The molecule has 0 spiro atoms. The predicted octanol–water partition coefficient (Wildman–Crippen LogP) is 4.72. The van der Waals surface area contributed by atoms with E-state index in [-0.39, 0.29) is 16.7 Å². The maximum Gasteiger partial charge on any atom is 0.226 e. The molecule has 1 N–H and O–H groups in total. The molecule has 0 aliphatic heterocycles. The predicted molar refractivity (Wildman–Crippen MR) is 89.4 cm³/mol. The molecular weight excluding hydrogens is 317 g/mol. The topological polar surface area (TPSA) is 29.1 Å². The van der Waals surface area contributed by atoms with E-state index in [2.05, 4.69) is 11.4 Å². The Bertz CT molecular complexity index is 616. The fourth-order valence-corrected chi connectivity index (χ4v) is 4.80. The van der Waals surface area contributed by atoms with Gasteiger partial charge in [0.15, 0.2) is 0 Å². The first kappa shape index (κ1) is 14.8. The molecule has 1 aromatic rings. The van der Waals surface area contributed by atoms with Gasteiger partial charge in [-0.2, -0.15) is 0 Å². The number of amides is 1. The minimum absolute atomic E-state index is 0.0223. The minimum Gasteiger partial charge on any atom is -0.355 e. The van der Waals surface area contributed by atoms with Crippen LogP contribution in [0.3, 0.4) is 0 Å². The van der Waals surface area contributed by atoms with Gasteiger partial charge < -0.3 is 5.32 Å². The van der Waals surface area contributed by atoms with Crippen LogP contribution in [0.2, 0.25) is 10.0 Å². The lowest BCUT2D eigenvalue weighted by molar-refractivity contribution is -0.124. The van der Waals surface area contributed by atoms with Crippen LogP contribution in [0.5, 0.6) is 0 Å². The Hall–Kier alpha value is -0.730. The van der Waals surface area contributed by atoms with Crippen LogP contribution in [0.4, 0.5) is 0 Å². The number of carbonyl (C=O) groups is 1. The van der Waals surface area contributed by atoms with E-state index in [0.29, 0.717) is 17.5 Å². The van der Waals surface area contributed by atoms with Crippen molar-refractivity contribution in [3.8, 4) is 0 Å². The van der Waals surface area contributed by atoms with E-state index in [0.717, 1.165) is 36.3 Å². The monoisotopic (exact) mass is 337 g/mol. The van der Waals surface area contributed by atoms with E-state index in [1.807, 2.05) is 12.1 Å². The lowest BCUT2D eigenvalue weighted by Crippen LogP contribution is -2.43. The van der Waals surface area contributed by atoms with Crippen LogP contribution < -0.4 is 5.32 Å². The van der Waals surface area contributed by atoms with Crippen LogP contribution in [0.1, 0.15) is 50.5 Å². The Morgan fingerprint density at radius 2 is 1.86 bits per heavy atom. The number of benzene rings is 1. The summed E-state index contributed by atoms with van der Waals surface area (Å²) in [5.41, 5.74) is 1.17. The van der Waals surface area contributed by atoms with Gasteiger partial charge in [0.2, 0.25) is 5.91 Å². The van der Waals surface area contributed by atoms with Gasteiger partial charge in [-0.15, -0.1) is 0 Å². The number of halogens is 2. The van der Waals surface area contributed by atoms with Crippen molar-refractivity contribution in [1.29, 1.82) is 0 Å². The highest BCUT2D eigenvalue weighted by Gasteiger charge is 2.74. The zero-order valence-corrected chi connectivity index (χ0v) is 14.1. The maximum absolute atomic E-state index is 12.4. The second-order valence-corrected chi connectivity index (χ2v) is 8.25. The molecule has 0 atom stereocenters. The average molecular weight is 338 g/mol. The van der Waals surface area contributed by atoms with Crippen molar-refractivity contribution >= 4 is 29.1 Å². The van der Waals surface area contributed by atoms with E-state index in [1.165, 1.54) is 19.3 Å². The van der Waals surface area contributed by atoms with Gasteiger partial charge in [0.05, 0.1) is 5.41 Å². The van der Waals surface area contributed by atoms with Gasteiger partial charge in [-0.25, -0.2) is 0 Å². The molecule has 1 amide bonds. The Kier molecular flexibility index (Phi) is 3.47. The molecule has 0 unspecified atom stereocenters. The van der Waals surface area contributed by atoms with Crippen molar-refractivity contribution in [3.05, 3.63) is 33.8 Å². The molecule has 118 valence electrons. The average Bonchev–Trinajstić information content (AvgIpc) is 3.35. The van der Waals surface area contributed by atoms with E-state index in [9.17, 15) is 4.79 Å². The second kappa shape index (κ2) is 5.14. The first-order valence-corrected chi connectivity index (χ1v) is 9.05. The quantitative estimate of drug-likeness (QED) is 0.845. The zero-order chi connectivity index (χ0) is 15.4. The molecule has 0 aromatic heterocycles. The SMILES string of the molecule is O=C(NCC1(c2ccc(Cl)cc2Cl)CCCCC1)C12CC1C2. The van der Waals surface area contributed by atoms with Crippen molar-refractivity contribution in [2.45, 2.75) is 50.4 Å². The number of fused-ring (bicyclic) bond motifs is 1. The van der Waals surface area contributed by atoms with Crippen LogP contribution in [0.25, 0.3) is 0 Å². The van der Waals surface area contributed by atoms with Crippen molar-refractivity contribution in [2.24, 2.45) is 11.3 Å². The summed E-state index contributed by atoms with van der Waals surface area (Å²) in [7, 11) is 0. The molecule has 0 radical (unpaired) electrons. The third-order valence-corrected chi connectivity index (χ3v) is 6.58. The molecule has 3 fully saturated rings. The van der Waals surface area contributed by atoms with Crippen LogP contribution in [0.15, 0.2) is 18.2 Å². The van der Waals surface area contributed by atoms with Crippen LogP contribution in [-0.2, 0) is 10.2 Å². The van der Waals surface area contributed by atoms with E-state index >= 15 is 0 Å². The number of hydrogen-bond acceptors (Lipinski definition) is 1. The molecule has 0 heterocycles. The van der Waals surface area contributed by atoms with Crippen molar-refractivity contribution in [3.63, 3.8) is 0 Å². The summed E-state index contributed by atoms with van der Waals surface area (Å²) in [5.74, 6) is 0.960. The first-order valence-electron chi connectivity index (χ1n) is 8.30. The largest absolute Gasteiger partial charge is 0.355 e. The van der Waals surface area contributed by atoms with Gasteiger partial charge in [0.25, 0.3) is 0 Å². The van der Waals surface area contributed by atoms with E-state index < -0.39 is 0 Å². The van der Waals surface area contributed by atoms with Gasteiger partial charge in [-0.05, 0) is 49.3 Å². The lowest BCUT2D eigenvalue weighted by atomic mass is 9.69. The zero-order valence-electron chi connectivity index (χ0n) is 12.6. The molecule has 1 aromatic carbocycles. The minimum atomic E-state index is -0.0223. The Labute approximate surface area is 141 Å². The van der Waals surface area contributed by atoms with Crippen LogP contribution in [-0.4, -0.2) is 12.5 Å². The summed E-state index contributed by atoms with van der Waals surface area (Å²) in [4.78, 5) is 12.4. The van der Waals surface area contributed by atoms with E-state index in [4.69, 9.17) is 23.2 Å². The number of carbonyl (C=O) groups excluding carboxylic acids is 1. The standard InChI is InChI=1S/C18H21Cl2NO/c19-13-4-5-14(15(20)8-13)17(6-2-1-3-7-17)11-21-16(22)18-9-12(18)10-18/h4-5,8,12H,1-3,6-7,9-11H2,(H,21,22). The summed E-state index contributed by atoms with van der Waals surface area (Å²) < 4.78 is 0. The summed E-state index contributed by atoms with van der Waals surface area (Å²) >= 11 is 12.5. The third kappa shape index (κ3) is 2.35. The molecule has 22 heavy (non-hydrogen) atoms. The second-order valence-electron chi connectivity index (χ2n) is 7.41. The highest BCUT2D eigenvalue weighted by molar-refractivity contribution is 6.35. The maximum atomic E-state index is 12.4. The first-order chi connectivity index (χ1) is 10.6. The highest BCUT2D eigenvalue weighted by Crippen LogP contribution is 2.75. The molecule has 4 rings (SSSR count). The fourth-order valence-electron chi connectivity index (χ4n) is 4.19. The van der Waals surface area contributed by atoms with Gasteiger partial charge in [0.1, 0.15) is 0 Å². The third-order valence-electron chi connectivity index (χ3n) is 6.04. The van der Waals surface area contributed by atoms with Crippen molar-refractivity contribution in [2.75, 3.05) is 6.54 Å². The normalized spacial score (nSPS) is 31.3. The smallest absolute Gasteiger partial charge is 0.226 e. The molecular formula is C18H21Cl2NO. The Morgan fingerprint density at radius 1 is 1.18 bits per heavy atom. The number of rotatable bonds is 4. The Morgan fingerprint density at radius 3 is 2.45 bits per heavy atom. The summed E-state index contributed by atoms with van der Waals surface area (Å²) in [5, 5.41) is 4.65. The highest BCUT2D eigenvalue weighted by atomic mass is 35.5. The summed E-state index contributed by atoms with van der Waals surface area (Å²) in [6.07, 6.45) is 8.05. The van der Waals surface area contributed by atoms with Gasteiger partial charge in [0, 0.05) is 22.0 Å². The Balaban J connectivity index is 1.56. The molecule has 2 nitrogen and oxygen atoms in total. The van der Waals surface area contributed by atoms with Crippen molar-refractivity contribution < 1.29 is 4.79 Å². The summed E-state index contributed by atoms with van der Waals surface area (Å²) in [6.45, 7) is 0.710. The fraction of sp³-hybridized carbons (Fsp3) is 0.611. The van der Waals surface area contributed by atoms with Gasteiger partial charge in [-0.1, -0.05) is 48.5 Å². The lowest BCUT2D eigenvalue weighted by Gasteiger charge is -2.39. The molecule has 3 saturated carbocycles. The molecule has 3 aliphatic carbocycles. The van der Waals surface area contributed by atoms with Crippen molar-refractivity contribution in [1.82, 2.24) is 5.32 Å². The van der Waals surface area contributed by atoms with Gasteiger partial charge in [-0.3, -0.25) is 4.79 Å². The van der Waals surface area contributed by atoms with Crippen LogP contribution in [0, 0.1) is 11.3 Å². The molecule has 4 heteroatoms. The van der Waals surface area contributed by atoms with Crippen LogP contribution >= 0.6 is 23.2 Å². The summed E-state index contributed by atoms with van der Waals surface area (Å²) in [6, 6.07) is 5.79. The molecule has 0 saturated heterocycles.